The Morgan fingerprint density at radius 3 is 2.85 bits per heavy atom. The lowest BCUT2D eigenvalue weighted by Crippen LogP contribution is -2.27. The van der Waals surface area contributed by atoms with Crippen LogP contribution >= 0.6 is 0 Å². The van der Waals surface area contributed by atoms with Crippen LogP contribution in [0.2, 0.25) is 0 Å². The minimum Gasteiger partial charge on any atom is -0.394 e. The quantitative estimate of drug-likeness (QED) is 0.701. The summed E-state index contributed by atoms with van der Waals surface area (Å²) in [5.74, 6) is 0.951. The first kappa shape index (κ1) is 8.41. The number of nitrogen functional groups attached to an aromatic ring is 1. The van der Waals surface area contributed by atoms with Gasteiger partial charge in [-0.1, -0.05) is 0 Å². The minimum absolute atomic E-state index is 0.581. The fraction of sp³-hybridized carbons (Fsp3) is 0.667. The van der Waals surface area contributed by atoms with E-state index in [-0.39, 0.29) is 0 Å². The van der Waals surface area contributed by atoms with Crippen LogP contribution in [-0.2, 0) is 7.05 Å². The highest BCUT2D eigenvalue weighted by molar-refractivity contribution is 5.62. The van der Waals surface area contributed by atoms with Crippen LogP contribution in [0.4, 0.5) is 11.5 Å². The van der Waals surface area contributed by atoms with Crippen molar-refractivity contribution in [2.45, 2.75) is 25.8 Å². The number of hydrogen-bond donors (Lipinski definition) is 1. The number of nitrogens with zero attached hydrogens (tertiary/aromatic N) is 3. The summed E-state index contributed by atoms with van der Waals surface area (Å²) < 4.78 is 1.77. The monoisotopic (exact) mass is 180 g/mol. The molecule has 4 heteroatoms. The lowest BCUT2D eigenvalue weighted by molar-refractivity contribution is 0.704. The van der Waals surface area contributed by atoms with Crippen molar-refractivity contribution in [3.63, 3.8) is 0 Å². The van der Waals surface area contributed by atoms with E-state index in [4.69, 9.17) is 5.73 Å². The summed E-state index contributed by atoms with van der Waals surface area (Å²) in [4.78, 5) is 2.29. The summed E-state index contributed by atoms with van der Waals surface area (Å²) in [5.41, 5.74) is 6.65. The van der Waals surface area contributed by atoms with Gasteiger partial charge in [0.15, 0.2) is 5.82 Å². The van der Waals surface area contributed by atoms with Crippen molar-refractivity contribution >= 4 is 11.5 Å². The Bertz CT molecular complexity index is 305. The molecule has 0 bridgehead atoms. The van der Waals surface area contributed by atoms with E-state index in [0.29, 0.717) is 6.04 Å². The zero-order valence-electron chi connectivity index (χ0n) is 8.20. The van der Waals surface area contributed by atoms with Gasteiger partial charge in [0.25, 0.3) is 0 Å². The third-order valence-corrected chi connectivity index (χ3v) is 2.66. The third kappa shape index (κ3) is 1.36. The Balaban J connectivity index is 2.28. The summed E-state index contributed by atoms with van der Waals surface area (Å²) in [6.07, 6.45) is 4.35. The Morgan fingerprint density at radius 2 is 2.38 bits per heavy atom. The second-order valence-corrected chi connectivity index (χ2v) is 3.77. The van der Waals surface area contributed by atoms with Crippen molar-refractivity contribution in [1.29, 1.82) is 0 Å². The molecule has 2 heterocycles. The fourth-order valence-corrected chi connectivity index (χ4v) is 1.97. The van der Waals surface area contributed by atoms with Crippen LogP contribution in [0, 0.1) is 0 Å². The van der Waals surface area contributed by atoms with E-state index >= 15 is 0 Å². The van der Waals surface area contributed by atoms with E-state index in [2.05, 4.69) is 16.9 Å². The molecule has 1 aromatic rings. The molecule has 13 heavy (non-hydrogen) atoms. The zero-order chi connectivity index (χ0) is 9.42. The highest BCUT2D eigenvalue weighted by Gasteiger charge is 2.24. The summed E-state index contributed by atoms with van der Waals surface area (Å²) in [7, 11) is 1.90. The molecule has 1 aliphatic rings. The molecular weight excluding hydrogens is 164 g/mol. The maximum Gasteiger partial charge on any atom is 0.174 e. The van der Waals surface area contributed by atoms with E-state index in [1.54, 1.807) is 4.68 Å². The molecule has 1 aliphatic heterocycles. The summed E-state index contributed by atoms with van der Waals surface area (Å²) in [5, 5.41) is 4.36. The SMILES string of the molecule is CC1CCCN1c1nn(C)cc1N. The van der Waals surface area contributed by atoms with E-state index < -0.39 is 0 Å². The molecule has 1 unspecified atom stereocenters. The lowest BCUT2D eigenvalue weighted by atomic mass is 10.2. The average Bonchev–Trinajstić information content (AvgIpc) is 2.58. The van der Waals surface area contributed by atoms with Crippen LogP contribution in [0.25, 0.3) is 0 Å². The maximum atomic E-state index is 5.86. The Kier molecular flexibility index (Phi) is 1.90. The normalized spacial score (nSPS) is 22.6. The predicted molar refractivity (Wildman–Crippen MR) is 53.7 cm³/mol. The Labute approximate surface area is 78.3 Å². The molecule has 1 saturated heterocycles. The number of anilines is 2. The first-order valence-electron chi connectivity index (χ1n) is 4.74. The van der Waals surface area contributed by atoms with Gasteiger partial charge in [-0.25, -0.2) is 0 Å². The summed E-state index contributed by atoms with van der Waals surface area (Å²) >= 11 is 0. The molecule has 0 saturated carbocycles. The maximum absolute atomic E-state index is 5.86. The van der Waals surface area contributed by atoms with E-state index in [1.807, 2.05) is 13.2 Å². The number of aryl methyl sites for hydroxylation is 1. The van der Waals surface area contributed by atoms with Crippen molar-refractivity contribution in [3.8, 4) is 0 Å². The number of nitrogens with two attached hydrogens (primary N) is 1. The molecule has 1 atom stereocenters. The van der Waals surface area contributed by atoms with Gasteiger partial charge < -0.3 is 10.6 Å². The average molecular weight is 180 g/mol. The molecular formula is C9H16N4. The molecule has 0 aromatic carbocycles. The largest absolute Gasteiger partial charge is 0.394 e. The second kappa shape index (κ2) is 2.94. The van der Waals surface area contributed by atoms with Gasteiger partial charge in [-0.15, -0.1) is 0 Å². The van der Waals surface area contributed by atoms with Gasteiger partial charge in [-0.3, -0.25) is 4.68 Å². The predicted octanol–water partition coefficient (Wildman–Crippen LogP) is 0.991. The number of hydrogen-bond acceptors (Lipinski definition) is 3. The van der Waals surface area contributed by atoms with E-state index in [0.717, 1.165) is 18.1 Å². The minimum atomic E-state index is 0.581. The van der Waals surface area contributed by atoms with E-state index in [9.17, 15) is 0 Å². The molecule has 0 amide bonds. The fourth-order valence-electron chi connectivity index (χ4n) is 1.97. The van der Waals surface area contributed by atoms with Gasteiger partial charge in [0, 0.05) is 25.8 Å². The van der Waals surface area contributed by atoms with Crippen LogP contribution < -0.4 is 10.6 Å². The first-order chi connectivity index (χ1) is 6.18. The molecule has 1 fully saturated rings. The smallest absolute Gasteiger partial charge is 0.174 e. The Hall–Kier alpha value is -1.19. The van der Waals surface area contributed by atoms with Crippen LogP contribution in [0.1, 0.15) is 19.8 Å². The van der Waals surface area contributed by atoms with Crippen molar-refractivity contribution in [3.05, 3.63) is 6.20 Å². The van der Waals surface area contributed by atoms with Crippen molar-refractivity contribution in [1.82, 2.24) is 9.78 Å². The lowest BCUT2D eigenvalue weighted by Gasteiger charge is -2.21. The molecule has 72 valence electrons. The van der Waals surface area contributed by atoms with Gasteiger partial charge in [0.05, 0.1) is 5.69 Å². The van der Waals surface area contributed by atoms with Crippen LogP contribution in [0.3, 0.4) is 0 Å². The molecule has 0 radical (unpaired) electrons. The topological polar surface area (TPSA) is 47.1 Å². The standard InChI is InChI=1S/C9H16N4/c1-7-4-3-5-13(7)9-8(10)6-12(2)11-9/h6-7H,3-5,10H2,1-2H3. The summed E-state index contributed by atoms with van der Waals surface area (Å²) in [6, 6.07) is 0.581. The number of rotatable bonds is 1. The highest BCUT2D eigenvalue weighted by atomic mass is 15.4. The van der Waals surface area contributed by atoms with Crippen molar-refractivity contribution in [2.24, 2.45) is 7.05 Å². The van der Waals surface area contributed by atoms with Gasteiger partial charge >= 0.3 is 0 Å². The zero-order valence-corrected chi connectivity index (χ0v) is 8.20. The van der Waals surface area contributed by atoms with E-state index in [1.165, 1.54) is 12.8 Å². The van der Waals surface area contributed by atoms with Gasteiger partial charge in [0.2, 0.25) is 0 Å². The molecule has 4 nitrogen and oxygen atoms in total. The van der Waals surface area contributed by atoms with Gasteiger partial charge in [0.1, 0.15) is 0 Å². The van der Waals surface area contributed by atoms with Crippen LogP contribution in [0.5, 0.6) is 0 Å². The summed E-state index contributed by atoms with van der Waals surface area (Å²) in [6.45, 7) is 3.31. The molecule has 2 N–H and O–H groups in total. The van der Waals surface area contributed by atoms with Crippen LogP contribution in [0.15, 0.2) is 6.20 Å². The number of aromatic nitrogens is 2. The van der Waals surface area contributed by atoms with Gasteiger partial charge in [-0.05, 0) is 19.8 Å². The molecule has 0 spiro atoms. The molecule has 1 aromatic heterocycles. The molecule has 0 aliphatic carbocycles. The second-order valence-electron chi connectivity index (χ2n) is 3.77. The molecule has 2 rings (SSSR count). The van der Waals surface area contributed by atoms with Crippen LogP contribution in [-0.4, -0.2) is 22.4 Å². The Morgan fingerprint density at radius 1 is 1.62 bits per heavy atom. The van der Waals surface area contributed by atoms with Crippen molar-refractivity contribution in [2.75, 3.05) is 17.2 Å². The highest BCUT2D eigenvalue weighted by Crippen LogP contribution is 2.27. The van der Waals surface area contributed by atoms with Gasteiger partial charge in [-0.2, -0.15) is 5.10 Å². The van der Waals surface area contributed by atoms with Crippen molar-refractivity contribution < 1.29 is 0 Å². The third-order valence-electron chi connectivity index (χ3n) is 2.66. The first-order valence-corrected chi connectivity index (χ1v) is 4.74.